The largest absolute Gasteiger partial charge is 0.493 e. The summed E-state index contributed by atoms with van der Waals surface area (Å²) >= 11 is 0. The van der Waals surface area contributed by atoms with Crippen molar-refractivity contribution in [2.24, 2.45) is 0 Å². The maximum absolute atomic E-state index is 12.7. The maximum atomic E-state index is 12.7. The van der Waals surface area contributed by atoms with E-state index in [9.17, 15) is 14.4 Å². The van der Waals surface area contributed by atoms with E-state index in [0.717, 1.165) is 10.5 Å². The molecule has 2 aliphatic heterocycles. The third-order valence-corrected chi connectivity index (χ3v) is 4.85. The second-order valence-electron chi connectivity index (χ2n) is 6.45. The van der Waals surface area contributed by atoms with Gasteiger partial charge in [-0.25, -0.2) is 4.79 Å². The number of rotatable bonds is 6. The first kappa shape index (κ1) is 19.0. The molecule has 0 bridgehead atoms. The van der Waals surface area contributed by atoms with Crippen molar-refractivity contribution in [1.82, 2.24) is 15.5 Å². The Morgan fingerprint density at radius 2 is 2.00 bits per heavy atom. The first-order valence-corrected chi connectivity index (χ1v) is 8.69. The van der Waals surface area contributed by atoms with Gasteiger partial charge in [0.1, 0.15) is 12.1 Å². The third kappa shape index (κ3) is 3.68. The highest BCUT2D eigenvalue weighted by Gasteiger charge is 2.52. The Kier molecular flexibility index (Phi) is 5.50. The molecule has 0 atom stereocenters. The van der Waals surface area contributed by atoms with Crippen molar-refractivity contribution in [2.75, 3.05) is 34.0 Å². The number of carbonyl (C=O) groups excluding carboxylic acids is 3. The Balaban J connectivity index is 1.62. The van der Waals surface area contributed by atoms with Crippen LogP contribution in [0.25, 0.3) is 0 Å². The third-order valence-electron chi connectivity index (χ3n) is 4.85. The summed E-state index contributed by atoms with van der Waals surface area (Å²) in [5, 5.41) is 5.43. The Labute approximate surface area is 156 Å². The van der Waals surface area contributed by atoms with Crippen LogP contribution >= 0.6 is 0 Å². The van der Waals surface area contributed by atoms with Gasteiger partial charge in [0.05, 0.1) is 14.2 Å². The van der Waals surface area contributed by atoms with Crippen LogP contribution in [-0.4, -0.2) is 62.3 Å². The van der Waals surface area contributed by atoms with E-state index in [1.165, 1.54) is 14.2 Å². The summed E-state index contributed by atoms with van der Waals surface area (Å²) in [6, 6.07) is 4.79. The molecule has 0 aromatic heterocycles. The van der Waals surface area contributed by atoms with Crippen LogP contribution in [0, 0.1) is 0 Å². The topological polar surface area (TPSA) is 106 Å². The van der Waals surface area contributed by atoms with Crippen LogP contribution in [0.4, 0.5) is 4.79 Å². The van der Waals surface area contributed by atoms with Gasteiger partial charge in [0, 0.05) is 38.2 Å². The molecule has 0 unspecified atom stereocenters. The van der Waals surface area contributed by atoms with Gasteiger partial charge in [0.15, 0.2) is 11.5 Å². The molecule has 9 nitrogen and oxygen atoms in total. The monoisotopic (exact) mass is 377 g/mol. The molecule has 1 aromatic carbocycles. The molecule has 2 N–H and O–H groups in total. The minimum absolute atomic E-state index is 0.182. The number of hydrogen-bond acceptors (Lipinski definition) is 6. The van der Waals surface area contributed by atoms with Gasteiger partial charge in [0.25, 0.3) is 5.91 Å². The van der Waals surface area contributed by atoms with Gasteiger partial charge in [-0.05, 0) is 6.07 Å². The van der Waals surface area contributed by atoms with E-state index >= 15 is 0 Å². The minimum Gasteiger partial charge on any atom is -0.493 e. The Bertz CT molecular complexity index is 745. The molecule has 27 heavy (non-hydrogen) atoms. The minimum atomic E-state index is -0.939. The van der Waals surface area contributed by atoms with Crippen LogP contribution in [0.5, 0.6) is 11.5 Å². The number of ether oxygens (including phenoxy) is 3. The molecule has 2 saturated heterocycles. The van der Waals surface area contributed by atoms with Crippen LogP contribution in [0.15, 0.2) is 18.2 Å². The number of nitrogens with one attached hydrogen (secondary N) is 2. The van der Waals surface area contributed by atoms with Gasteiger partial charge >= 0.3 is 6.03 Å². The highest BCUT2D eigenvalue weighted by molar-refractivity contribution is 6.09. The van der Waals surface area contributed by atoms with Crippen LogP contribution in [-0.2, 0) is 20.9 Å². The fraction of sp³-hybridized carbons (Fsp3) is 0.500. The molecule has 4 amide bonds. The lowest BCUT2D eigenvalue weighted by Crippen LogP contribution is -2.51. The molecular formula is C18H23N3O6. The summed E-state index contributed by atoms with van der Waals surface area (Å²) in [4.78, 5) is 38.1. The van der Waals surface area contributed by atoms with Crippen LogP contribution in [0.2, 0.25) is 0 Å². The van der Waals surface area contributed by atoms with Gasteiger partial charge in [-0.3, -0.25) is 14.5 Å². The molecule has 0 radical (unpaired) electrons. The van der Waals surface area contributed by atoms with Gasteiger partial charge in [-0.15, -0.1) is 0 Å². The first-order chi connectivity index (χ1) is 13.0. The summed E-state index contributed by atoms with van der Waals surface area (Å²) in [7, 11) is 3.05. The predicted octanol–water partition coefficient (Wildman–Crippen LogP) is 0.421. The number of nitrogens with zero attached hydrogens (tertiary/aromatic N) is 1. The summed E-state index contributed by atoms with van der Waals surface area (Å²) in [5.74, 6) is 0.272. The lowest BCUT2D eigenvalue weighted by atomic mass is 9.90. The average molecular weight is 377 g/mol. The fourth-order valence-electron chi connectivity index (χ4n) is 3.36. The van der Waals surface area contributed by atoms with E-state index in [0.29, 0.717) is 37.6 Å². The molecule has 2 fully saturated rings. The van der Waals surface area contributed by atoms with E-state index in [-0.39, 0.29) is 19.0 Å². The zero-order valence-electron chi connectivity index (χ0n) is 15.4. The molecule has 0 saturated carbocycles. The zero-order chi connectivity index (χ0) is 19.4. The van der Waals surface area contributed by atoms with Crippen molar-refractivity contribution >= 4 is 17.8 Å². The lowest BCUT2D eigenvalue weighted by Gasteiger charge is -2.30. The smallest absolute Gasteiger partial charge is 0.325 e. The Morgan fingerprint density at radius 1 is 1.26 bits per heavy atom. The fourth-order valence-corrected chi connectivity index (χ4v) is 3.36. The number of amides is 4. The van der Waals surface area contributed by atoms with Crippen molar-refractivity contribution in [1.29, 1.82) is 0 Å². The summed E-state index contributed by atoms with van der Waals surface area (Å²) in [5.41, 5.74) is -0.214. The van der Waals surface area contributed by atoms with Gasteiger partial charge in [0.2, 0.25) is 5.91 Å². The van der Waals surface area contributed by atoms with Crippen molar-refractivity contribution in [2.45, 2.75) is 24.9 Å². The Hall–Kier alpha value is -2.81. The first-order valence-electron chi connectivity index (χ1n) is 8.69. The highest BCUT2D eigenvalue weighted by atomic mass is 16.5. The molecule has 2 aliphatic rings. The number of methoxy groups -OCH3 is 2. The molecule has 146 valence electrons. The van der Waals surface area contributed by atoms with E-state index in [2.05, 4.69) is 10.6 Å². The van der Waals surface area contributed by atoms with Crippen LogP contribution in [0.3, 0.4) is 0 Å². The second-order valence-corrected chi connectivity index (χ2v) is 6.45. The SMILES string of the molecule is COc1cccc(CNC(=O)CN2C(=O)NC3(CCOCC3)C2=O)c1OC. The molecule has 3 rings (SSSR count). The van der Waals surface area contributed by atoms with Gasteiger partial charge < -0.3 is 24.8 Å². The van der Waals surface area contributed by atoms with E-state index in [1.54, 1.807) is 18.2 Å². The van der Waals surface area contributed by atoms with Crippen LogP contribution in [0.1, 0.15) is 18.4 Å². The molecule has 1 aromatic rings. The summed E-state index contributed by atoms with van der Waals surface area (Å²) in [6.45, 7) is 0.658. The highest BCUT2D eigenvalue weighted by Crippen LogP contribution is 2.31. The van der Waals surface area contributed by atoms with Crippen molar-refractivity contribution in [3.63, 3.8) is 0 Å². The standard InChI is InChI=1S/C18H23N3O6/c1-25-13-5-3-4-12(15(13)26-2)10-19-14(22)11-21-16(23)18(20-17(21)24)6-8-27-9-7-18/h3-5H,6-11H2,1-2H3,(H,19,22)(H,20,24). The number of para-hydroxylation sites is 1. The molecule has 2 heterocycles. The van der Waals surface area contributed by atoms with E-state index in [4.69, 9.17) is 14.2 Å². The number of hydrogen-bond donors (Lipinski definition) is 2. The summed E-state index contributed by atoms with van der Waals surface area (Å²) in [6.07, 6.45) is 0.827. The predicted molar refractivity (Wildman–Crippen MR) is 94.4 cm³/mol. The number of benzene rings is 1. The van der Waals surface area contributed by atoms with Crippen LogP contribution < -0.4 is 20.1 Å². The van der Waals surface area contributed by atoms with E-state index in [1.807, 2.05) is 0 Å². The van der Waals surface area contributed by atoms with Crippen molar-refractivity contribution in [3.8, 4) is 11.5 Å². The summed E-state index contributed by atoms with van der Waals surface area (Å²) < 4.78 is 15.8. The Morgan fingerprint density at radius 3 is 2.67 bits per heavy atom. The van der Waals surface area contributed by atoms with Crippen molar-refractivity contribution in [3.05, 3.63) is 23.8 Å². The maximum Gasteiger partial charge on any atom is 0.325 e. The molecule has 1 spiro atoms. The zero-order valence-corrected chi connectivity index (χ0v) is 15.4. The number of imide groups is 1. The average Bonchev–Trinajstić information content (AvgIpc) is 2.90. The molecule has 0 aliphatic carbocycles. The quantitative estimate of drug-likeness (QED) is 0.696. The number of carbonyl (C=O) groups is 3. The van der Waals surface area contributed by atoms with Crippen molar-refractivity contribution < 1.29 is 28.6 Å². The second kappa shape index (κ2) is 7.83. The molecule has 9 heteroatoms. The van der Waals surface area contributed by atoms with E-state index < -0.39 is 17.5 Å². The lowest BCUT2D eigenvalue weighted by molar-refractivity contribution is -0.137. The van der Waals surface area contributed by atoms with Gasteiger partial charge in [-0.1, -0.05) is 12.1 Å². The normalized spacial score (nSPS) is 18.4. The van der Waals surface area contributed by atoms with Gasteiger partial charge in [-0.2, -0.15) is 0 Å². The number of urea groups is 1. The molecular weight excluding hydrogens is 354 g/mol.